The predicted octanol–water partition coefficient (Wildman–Crippen LogP) is 1.27. The Balaban J connectivity index is 1.59. The Hall–Kier alpha value is -1.26. The number of piperazine rings is 1. The Kier molecular flexibility index (Phi) is 4.13. The lowest BCUT2D eigenvalue weighted by Crippen LogP contribution is -2.47. The van der Waals surface area contributed by atoms with E-state index in [2.05, 4.69) is 33.9 Å². The molecule has 1 aromatic carbocycles. The molecular formula is C16H26N4. The largest absolute Gasteiger partial charge is 0.399 e. The second-order valence-corrected chi connectivity index (χ2v) is 6.12. The topological polar surface area (TPSA) is 35.7 Å². The summed E-state index contributed by atoms with van der Waals surface area (Å²) in [6.07, 6.45) is 2.42. The van der Waals surface area contributed by atoms with Crippen molar-refractivity contribution in [2.75, 3.05) is 63.5 Å². The Labute approximate surface area is 122 Å². The van der Waals surface area contributed by atoms with E-state index in [1.165, 1.54) is 63.4 Å². The number of nitrogen functional groups attached to an aromatic ring is 1. The molecule has 0 bridgehead atoms. The summed E-state index contributed by atoms with van der Waals surface area (Å²) in [7, 11) is 2.21. The number of rotatable bonds is 3. The average molecular weight is 274 g/mol. The Morgan fingerprint density at radius 2 is 1.85 bits per heavy atom. The van der Waals surface area contributed by atoms with E-state index in [9.17, 15) is 0 Å². The van der Waals surface area contributed by atoms with Gasteiger partial charge >= 0.3 is 0 Å². The molecule has 20 heavy (non-hydrogen) atoms. The maximum atomic E-state index is 5.90. The van der Waals surface area contributed by atoms with E-state index in [1.54, 1.807) is 0 Å². The van der Waals surface area contributed by atoms with Crippen LogP contribution in [-0.4, -0.2) is 62.7 Å². The Morgan fingerprint density at radius 3 is 2.65 bits per heavy atom. The van der Waals surface area contributed by atoms with Crippen molar-refractivity contribution in [1.29, 1.82) is 0 Å². The molecule has 0 amide bonds. The standard InChI is InChI=1S/C16H26N4/c1-18-7-9-19(10-8-18)11-12-20-6-2-3-14-13-15(17)4-5-16(14)20/h4-5,13H,2-3,6-12,17H2,1H3. The van der Waals surface area contributed by atoms with Crippen LogP contribution in [0.4, 0.5) is 11.4 Å². The van der Waals surface area contributed by atoms with Crippen LogP contribution >= 0.6 is 0 Å². The molecular weight excluding hydrogens is 248 g/mol. The van der Waals surface area contributed by atoms with Crippen LogP contribution in [0.2, 0.25) is 0 Å². The minimum atomic E-state index is 0.893. The first-order valence-electron chi connectivity index (χ1n) is 7.76. The van der Waals surface area contributed by atoms with Gasteiger partial charge in [0.15, 0.2) is 0 Å². The molecule has 0 atom stereocenters. The maximum Gasteiger partial charge on any atom is 0.0400 e. The summed E-state index contributed by atoms with van der Waals surface area (Å²) in [5, 5.41) is 0. The van der Waals surface area contributed by atoms with Gasteiger partial charge in [0.05, 0.1) is 0 Å². The minimum Gasteiger partial charge on any atom is -0.399 e. The lowest BCUT2D eigenvalue weighted by Gasteiger charge is -2.36. The van der Waals surface area contributed by atoms with Crippen LogP contribution in [-0.2, 0) is 6.42 Å². The molecule has 2 heterocycles. The second-order valence-electron chi connectivity index (χ2n) is 6.12. The Morgan fingerprint density at radius 1 is 1.05 bits per heavy atom. The number of likely N-dealkylation sites (N-methyl/N-ethyl adjacent to an activating group) is 1. The molecule has 0 radical (unpaired) electrons. The third-order valence-electron chi connectivity index (χ3n) is 4.60. The third-order valence-corrected chi connectivity index (χ3v) is 4.60. The first-order valence-corrected chi connectivity index (χ1v) is 7.76. The first-order chi connectivity index (χ1) is 9.72. The van der Waals surface area contributed by atoms with Crippen LogP contribution in [0, 0.1) is 0 Å². The zero-order valence-corrected chi connectivity index (χ0v) is 12.5. The molecule has 110 valence electrons. The lowest BCUT2D eigenvalue weighted by atomic mass is 10.0. The average Bonchev–Trinajstić information content (AvgIpc) is 2.46. The van der Waals surface area contributed by atoms with Gasteiger partial charge in [-0.15, -0.1) is 0 Å². The lowest BCUT2D eigenvalue weighted by molar-refractivity contribution is 0.156. The van der Waals surface area contributed by atoms with E-state index in [0.717, 1.165) is 12.2 Å². The molecule has 0 saturated carbocycles. The molecule has 1 aromatic rings. The van der Waals surface area contributed by atoms with Gasteiger partial charge in [0.1, 0.15) is 0 Å². The van der Waals surface area contributed by atoms with Gasteiger partial charge < -0.3 is 15.5 Å². The van der Waals surface area contributed by atoms with Crippen molar-refractivity contribution in [2.45, 2.75) is 12.8 Å². The van der Waals surface area contributed by atoms with E-state index in [4.69, 9.17) is 5.73 Å². The van der Waals surface area contributed by atoms with Crippen molar-refractivity contribution in [2.24, 2.45) is 0 Å². The highest BCUT2D eigenvalue weighted by Crippen LogP contribution is 2.28. The number of aryl methyl sites for hydroxylation is 1. The first kappa shape index (κ1) is 13.7. The summed E-state index contributed by atoms with van der Waals surface area (Å²) in [6.45, 7) is 8.32. The summed E-state index contributed by atoms with van der Waals surface area (Å²) in [4.78, 5) is 7.54. The van der Waals surface area contributed by atoms with Crippen molar-refractivity contribution in [1.82, 2.24) is 9.80 Å². The number of fused-ring (bicyclic) bond motifs is 1. The molecule has 2 aliphatic rings. The number of hydrogen-bond donors (Lipinski definition) is 1. The summed E-state index contributed by atoms with van der Waals surface area (Å²) in [6, 6.07) is 6.39. The summed E-state index contributed by atoms with van der Waals surface area (Å²) in [5.41, 5.74) is 9.62. The molecule has 3 rings (SSSR count). The fourth-order valence-electron chi connectivity index (χ4n) is 3.26. The number of nitrogens with two attached hydrogens (primary N) is 1. The van der Waals surface area contributed by atoms with Gasteiger partial charge in [0, 0.05) is 57.2 Å². The van der Waals surface area contributed by atoms with Crippen LogP contribution in [0.15, 0.2) is 18.2 Å². The van der Waals surface area contributed by atoms with Crippen LogP contribution in [0.1, 0.15) is 12.0 Å². The van der Waals surface area contributed by atoms with Crippen molar-refractivity contribution in [3.63, 3.8) is 0 Å². The number of benzene rings is 1. The third kappa shape index (κ3) is 3.07. The number of hydrogen-bond acceptors (Lipinski definition) is 4. The molecule has 0 unspecified atom stereocenters. The number of anilines is 2. The van der Waals surface area contributed by atoms with Gasteiger partial charge in [0.2, 0.25) is 0 Å². The highest BCUT2D eigenvalue weighted by atomic mass is 15.3. The summed E-state index contributed by atoms with van der Waals surface area (Å²) < 4.78 is 0. The maximum absolute atomic E-state index is 5.90. The molecule has 4 nitrogen and oxygen atoms in total. The zero-order valence-electron chi connectivity index (χ0n) is 12.5. The van der Waals surface area contributed by atoms with Gasteiger partial charge in [-0.2, -0.15) is 0 Å². The molecule has 0 aliphatic carbocycles. The van der Waals surface area contributed by atoms with Gasteiger partial charge in [-0.1, -0.05) is 0 Å². The molecule has 0 aromatic heterocycles. The van der Waals surface area contributed by atoms with E-state index in [-0.39, 0.29) is 0 Å². The van der Waals surface area contributed by atoms with Gasteiger partial charge in [-0.05, 0) is 43.7 Å². The molecule has 2 N–H and O–H groups in total. The molecule has 0 spiro atoms. The minimum absolute atomic E-state index is 0.893. The van der Waals surface area contributed by atoms with Gasteiger partial charge in [-0.3, -0.25) is 4.90 Å². The molecule has 1 saturated heterocycles. The number of nitrogens with zero attached hydrogens (tertiary/aromatic N) is 3. The van der Waals surface area contributed by atoms with E-state index < -0.39 is 0 Å². The SMILES string of the molecule is CN1CCN(CCN2CCCc3cc(N)ccc32)CC1. The van der Waals surface area contributed by atoms with Crippen molar-refractivity contribution < 1.29 is 0 Å². The van der Waals surface area contributed by atoms with Crippen LogP contribution in [0.3, 0.4) is 0 Å². The molecule has 2 aliphatic heterocycles. The van der Waals surface area contributed by atoms with E-state index >= 15 is 0 Å². The van der Waals surface area contributed by atoms with E-state index in [1.807, 2.05) is 6.07 Å². The van der Waals surface area contributed by atoms with Gasteiger partial charge in [-0.25, -0.2) is 0 Å². The molecule has 4 heteroatoms. The van der Waals surface area contributed by atoms with Gasteiger partial charge in [0.25, 0.3) is 0 Å². The zero-order chi connectivity index (χ0) is 13.9. The predicted molar refractivity (Wildman–Crippen MR) is 85.3 cm³/mol. The normalized spacial score (nSPS) is 20.9. The second kappa shape index (κ2) is 6.02. The highest BCUT2D eigenvalue weighted by molar-refractivity contribution is 5.61. The fraction of sp³-hybridized carbons (Fsp3) is 0.625. The summed E-state index contributed by atoms with van der Waals surface area (Å²) >= 11 is 0. The smallest absolute Gasteiger partial charge is 0.0400 e. The summed E-state index contributed by atoms with van der Waals surface area (Å²) in [5.74, 6) is 0. The highest BCUT2D eigenvalue weighted by Gasteiger charge is 2.19. The van der Waals surface area contributed by atoms with Crippen molar-refractivity contribution in [3.05, 3.63) is 23.8 Å². The van der Waals surface area contributed by atoms with Crippen LogP contribution in [0.5, 0.6) is 0 Å². The van der Waals surface area contributed by atoms with Crippen LogP contribution in [0.25, 0.3) is 0 Å². The monoisotopic (exact) mass is 274 g/mol. The van der Waals surface area contributed by atoms with Crippen molar-refractivity contribution >= 4 is 11.4 Å². The van der Waals surface area contributed by atoms with E-state index in [0.29, 0.717) is 0 Å². The van der Waals surface area contributed by atoms with Crippen LogP contribution < -0.4 is 10.6 Å². The Bertz CT molecular complexity index is 452. The molecule has 1 fully saturated rings. The fourth-order valence-corrected chi connectivity index (χ4v) is 3.26. The quantitative estimate of drug-likeness (QED) is 0.842. The van der Waals surface area contributed by atoms with Crippen molar-refractivity contribution in [3.8, 4) is 0 Å².